The maximum atomic E-state index is 5.40. The van der Waals surface area contributed by atoms with Gasteiger partial charge in [0.1, 0.15) is 0 Å². The highest BCUT2D eigenvalue weighted by molar-refractivity contribution is 5.37. The lowest BCUT2D eigenvalue weighted by atomic mass is 9.98. The van der Waals surface area contributed by atoms with E-state index in [-0.39, 0.29) is 0 Å². The van der Waals surface area contributed by atoms with Crippen LogP contribution in [0.2, 0.25) is 0 Å². The molecule has 0 aromatic heterocycles. The van der Waals surface area contributed by atoms with Crippen molar-refractivity contribution in [2.75, 3.05) is 0 Å². The molecule has 1 aromatic rings. The zero-order chi connectivity index (χ0) is 9.14. The molecule has 0 nitrogen and oxygen atoms in total. The molecule has 0 fully saturated rings. The lowest BCUT2D eigenvalue weighted by Gasteiger charge is -2.07. The SMILES string of the molecule is [CH]=CCc1cc(C)cc(C)c1C. The molecule has 1 radical (unpaired) electrons. The molecule has 12 heavy (non-hydrogen) atoms. The predicted octanol–water partition coefficient (Wildman–Crippen LogP) is 3.14. The van der Waals surface area contributed by atoms with Crippen LogP contribution in [0, 0.1) is 27.4 Å². The van der Waals surface area contributed by atoms with Crippen molar-refractivity contribution in [2.24, 2.45) is 0 Å². The van der Waals surface area contributed by atoms with Gasteiger partial charge in [-0.25, -0.2) is 0 Å². The zero-order valence-corrected chi connectivity index (χ0v) is 8.02. The molecule has 0 amide bonds. The summed E-state index contributed by atoms with van der Waals surface area (Å²) >= 11 is 0. The van der Waals surface area contributed by atoms with E-state index in [0.717, 1.165) is 6.42 Å². The van der Waals surface area contributed by atoms with Gasteiger partial charge < -0.3 is 0 Å². The van der Waals surface area contributed by atoms with Gasteiger partial charge >= 0.3 is 0 Å². The van der Waals surface area contributed by atoms with Crippen molar-refractivity contribution in [1.29, 1.82) is 0 Å². The highest BCUT2D eigenvalue weighted by Crippen LogP contribution is 2.16. The number of aryl methyl sites for hydroxylation is 2. The van der Waals surface area contributed by atoms with E-state index in [0.29, 0.717) is 0 Å². The maximum Gasteiger partial charge on any atom is -0.00915 e. The highest BCUT2D eigenvalue weighted by atomic mass is 14.0. The van der Waals surface area contributed by atoms with Crippen molar-refractivity contribution in [3.63, 3.8) is 0 Å². The first-order valence-electron chi connectivity index (χ1n) is 4.25. The van der Waals surface area contributed by atoms with E-state index in [1.807, 2.05) is 0 Å². The second kappa shape index (κ2) is 3.57. The van der Waals surface area contributed by atoms with Gasteiger partial charge in [0.05, 0.1) is 0 Å². The van der Waals surface area contributed by atoms with Crippen molar-refractivity contribution in [3.05, 3.63) is 47.0 Å². The van der Waals surface area contributed by atoms with Gasteiger partial charge in [-0.2, -0.15) is 0 Å². The fourth-order valence-electron chi connectivity index (χ4n) is 1.47. The molecule has 0 unspecified atom stereocenters. The summed E-state index contributed by atoms with van der Waals surface area (Å²) in [5.74, 6) is 0. The Hall–Kier alpha value is -1.04. The monoisotopic (exact) mass is 159 g/mol. The summed E-state index contributed by atoms with van der Waals surface area (Å²) in [4.78, 5) is 0. The Morgan fingerprint density at radius 3 is 2.50 bits per heavy atom. The van der Waals surface area contributed by atoms with Gasteiger partial charge in [0.15, 0.2) is 0 Å². The quantitative estimate of drug-likeness (QED) is 0.622. The Bertz CT molecular complexity index is 295. The Morgan fingerprint density at radius 1 is 1.25 bits per heavy atom. The molecule has 0 heterocycles. The van der Waals surface area contributed by atoms with Crippen LogP contribution < -0.4 is 0 Å². The van der Waals surface area contributed by atoms with Gasteiger partial charge in [-0.05, 0) is 43.9 Å². The molecular weight excluding hydrogens is 144 g/mol. The Labute approximate surface area is 74.9 Å². The van der Waals surface area contributed by atoms with Crippen LogP contribution in [0.4, 0.5) is 0 Å². The first-order chi connectivity index (χ1) is 5.65. The summed E-state index contributed by atoms with van der Waals surface area (Å²) in [7, 11) is 0. The van der Waals surface area contributed by atoms with Gasteiger partial charge in [-0.1, -0.05) is 30.4 Å². The van der Waals surface area contributed by atoms with E-state index in [1.54, 1.807) is 6.08 Å². The normalized spacial score (nSPS) is 9.92. The molecule has 1 rings (SSSR count). The third-order valence-electron chi connectivity index (χ3n) is 2.26. The highest BCUT2D eigenvalue weighted by Gasteiger charge is 1.99. The van der Waals surface area contributed by atoms with Crippen LogP contribution in [0.15, 0.2) is 18.2 Å². The predicted molar refractivity (Wildman–Crippen MR) is 53.2 cm³/mol. The van der Waals surface area contributed by atoms with Crippen LogP contribution in [0.3, 0.4) is 0 Å². The molecule has 0 bridgehead atoms. The van der Waals surface area contributed by atoms with Crippen molar-refractivity contribution >= 4 is 0 Å². The van der Waals surface area contributed by atoms with Gasteiger partial charge in [0, 0.05) is 0 Å². The molecule has 0 saturated heterocycles. The minimum absolute atomic E-state index is 0.869. The average molecular weight is 159 g/mol. The first-order valence-corrected chi connectivity index (χ1v) is 4.25. The van der Waals surface area contributed by atoms with E-state index in [4.69, 9.17) is 6.58 Å². The third-order valence-corrected chi connectivity index (χ3v) is 2.26. The number of rotatable bonds is 2. The van der Waals surface area contributed by atoms with E-state index in [9.17, 15) is 0 Å². The summed E-state index contributed by atoms with van der Waals surface area (Å²) in [5.41, 5.74) is 5.37. The van der Waals surface area contributed by atoms with Crippen LogP contribution in [-0.2, 0) is 6.42 Å². The number of allylic oxidation sites excluding steroid dienone is 1. The zero-order valence-electron chi connectivity index (χ0n) is 8.02. The van der Waals surface area contributed by atoms with Crippen LogP contribution in [0.5, 0.6) is 0 Å². The molecule has 0 aliphatic heterocycles. The summed E-state index contributed by atoms with van der Waals surface area (Å²) < 4.78 is 0. The van der Waals surface area contributed by atoms with E-state index in [2.05, 4.69) is 32.9 Å². The van der Waals surface area contributed by atoms with Gasteiger partial charge in [0.25, 0.3) is 0 Å². The topological polar surface area (TPSA) is 0 Å². The largest absolute Gasteiger partial charge is 0.0801 e. The molecular formula is C12H15. The van der Waals surface area contributed by atoms with E-state index in [1.165, 1.54) is 22.3 Å². The van der Waals surface area contributed by atoms with Gasteiger partial charge in [0.2, 0.25) is 0 Å². The van der Waals surface area contributed by atoms with Crippen molar-refractivity contribution in [1.82, 2.24) is 0 Å². The first kappa shape index (κ1) is 9.05. The molecule has 1 aromatic carbocycles. The molecule has 0 N–H and O–H groups in total. The smallest absolute Gasteiger partial charge is 0.00915 e. The molecule has 0 saturated carbocycles. The van der Waals surface area contributed by atoms with E-state index >= 15 is 0 Å². The van der Waals surface area contributed by atoms with Crippen LogP contribution in [0.25, 0.3) is 0 Å². The molecule has 0 aliphatic carbocycles. The second-order valence-electron chi connectivity index (χ2n) is 3.31. The standard InChI is InChI=1S/C12H15/c1-5-6-12-8-9(2)7-10(3)11(12)4/h1,5,7-8H,6H2,2-4H3. The number of hydrogen-bond donors (Lipinski definition) is 0. The second-order valence-corrected chi connectivity index (χ2v) is 3.31. The van der Waals surface area contributed by atoms with E-state index < -0.39 is 0 Å². The lowest BCUT2D eigenvalue weighted by Crippen LogP contribution is -1.92. The Kier molecular flexibility index (Phi) is 2.69. The summed E-state index contributed by atoms with van der Waals surface area (Å²) in [5, 5.41) is 0. The van der Waals surface area contributed by atoms with Crippen LogP contribution >= 0.6 is 0 Å². The van der Waals surface area contributed by atoms with Crippen molar-refractivity contribution < 1.29 is 0 Å². The number of hydrogen-bond acceptors (Lipinski definition) is 0. The van der Waals surface area contributed by atoms with Crippen molar-refractivity contribution in [2.45, 2.75) is 27.2 Å². The fraction of sp³-hybridized carbons (Fsp3) is 0.333. The molecule has 0 aliphatic rings. The summed E-state index contributed by atoms with van der Waals surface area (Å²) in [6.07, 6.45) is 2.58. The average Bonchev–Trinajstić information content (AvgIpc) is 2.00. The van der Waals surface area contributed by atoms with Crippen LogP contribution in [-0.4, -0.2) is 0 Å². The maximum absolute atomic E-state index is 5.40. The minimum atomic E-state index is 0.869. The number of benzene rings is 1. The van der Waals surface area contributed by atoms with Gasteiger partial charge in [-0.3, -0.25) is 0 Å². The molecule has 63 valence electrons. The third kappa shape index (κ3) is 1.76. The van der Waals surface area contributed by atoms with Crippen LogP contribution in [0.1, 0.15) is 22.3 Å². The summed E-state index contributed by atoms with van der Waals surface area (Å²) in [6, 6.07) is 4.40. The van der Waals surface area contributed by atoms with Crippen molar-refractivity contribution in [3.8, 4) is 0 Å². The lowest BCUT2D eigenvalue weighted by molar-refractivity contribution is 1.16. The molecule has 0 atom stereocenters. The molecule has 0 spiro atoms. The van der Waals surface area contributed by atoms with Gasteiger partial charge in [-0.15, -0.1) is 0 Å². The molecule has 0 heteroatoms. The fourth-order valence-corrected chi connectivity index (χ4v) is 1.47. The Balaban J connectivity index is 3.17. The Morgan fingerprint density at radius 2 is 1.92 bits per heavy atom. The minimum Gasteiger partial charge on any atom is -0.0801 e. The summed E-state index contributed by atoms with van der Waals surface area (Å²) in [6.45, 7) is 11.8.